The van der Waals surface area contributed by atoms with Crippen molar-refractivity contribution in [1.29, 1.82) is 0 Å². The molecule has 3 N–H and O–H groups in total. The summed E-state index contributed by atoms with van der Waals surface area (Å²) in [7, 11) is -4.65. The molecule has 0 saturated carbocycles. The average Bonchev–Trinajstić information content (AvgIpc) is 1.61. The fourth-order valence-corrected chi connectivity index (χ4v) is 0.979. The summed E-state index contributed by atoms with van der Waals surface area (Å²) >= 11 is 0. The molecule has 0 aromatic heterocycles. The van der Waals surface area contributed by atoms with E-state index in [1.165, 1.54) is 0 Å². The van der Waals surface area contributed by atoms with E-state index in [1.54, 1.807) is 0 Å². The van der Waals surface area contributed by atoms with Gasteiger partial charge >= 0.3 is 59.8 Å². The van der Waals surface area contributed by atoms with Gasteiger partial charge in [0, 0.05) is 0 Å². The first kappa shape index (κ1) is 10.3. The third-order valence-electron chi connectivity index (χ3n) is 0.891. The fourth-order valence-electron chi connectivity index (χ4n) is 0.423. The fraction of sp³-hybridized carbons (Fsp3) is 1.00. The van der Waals surface area contributed by atoms with Crippen molar-refractivity contribution in [1.82, 2.24) is 0 Å². The molecule has 0 heterocycles. The predicted octanol–water partition coefficient (Wildman–Crippen LogP) is 0.623. The minimum absolute atomic E-state index is 0.189. The molecule has 0 fully saturated rings. The standard InChI is InChI=1S/C5H15O4P/c1-3-4-5-9-10(2,6,7)8/h6-8H,3-5H2,1-2H3. The third kappa shape index (κ3) is 8.27. The van der Waals surface area contributed by atoms with Gasteiger partial charge in [0.15, 0.2) is 0 Å². The van der Waals surface area contributed by atoms with Gasteiger partial charge in [-0.05, 0) is 0 Å². The molecule has 0 bridgehead atoms. The Morgan fingerprint density at radius 2 is 1.80 bits per heavy atom. The quantitative estimate of drug-likeness (QED) is 0.427. The summed E-state index contributed by atoms with van der Waals surface area (Å²) in [4.78, 5) is 26.2. The van der Waals surface area contributed by atoms with Gasteiger partial charge in [-0.15, -0.1) is 0 Å². The number of hydrogen-bond acceptors (Lipinski definition) is 4. The molecular weight excluding hydrogens is 155 g/mol. The summed E-state index contributed by atoms with van der Waals surface area (Å²) in [5.74, 6) is 0. The summed E-state index contributed by atoms with van der Waals surface area (Å²) in [6.07, 6.45) is 1.61. The Morgan fingerprint density at radius 1 is 1.30 bits per heavy atom. The molecule has 64 valence electrons. The monoisotopic (exact) mass is 170 g/mol. The van der Waals surface area contributed by atoms with Gasteiger partial charge in [-0.2, -0.15) is 0 Å². The van der Waals surface area contributed by atoms with E-state index in [1.807, 2.05) is 6.92 Å². The molecule has 0 amide bonds. The van der Waals surface area contributed by atoms with Crippen LogP contribution in [0.15, 0.2) is 0 Å². The first-order valence-electron chi connectivity index (χ1n) is 3.23. The second kappa shape index (κ2) is 3.11. The van der Waals surface area contributed by atoms with E-state index in [9.17, 15) is 0 Å². The molecule has 0 atom stereocenters. The van der Waals surface area contributed by atoms with Gasteiger partial charge in [0.05, 0.1) is 0 Å². The summed E-state index contributed by atoms with van der Waals surface area (Å²) in [6, 6.07) is 0. The van der Waals surface area contributed by atoms with Crippen molar-refractivity contribution in [2.75, 3.05) is 13.3 Å². The van der Waals surface area contributed by atoms with Crippen molar-refractivity contribution in [2.24, 2.45) is 0 Å². The molecule has 0 aliphatic heterocycles. The second-order valence-corrected chi connectivity index (χ2v) is 5.33. The Morgan fingerprint density at radius 3 is 2.10 bits per heavy atom. The van der Waals surface area contributed by atoms with Crippen molar-refractivity contribution in [3.63, 3.8) is 0 Å². The van der Waals surface area contributed by atoms with Crippen LogP contribution in [0.25, 0.3) is 0 Å². The minimum atomic E-state index is -4.65. The molecule has 0 aromatic carbocycles. The van der Waals surface area contributed by atoms with E-state index >= 15 is 0 Å². The van der Waals surface area contributed by atoms with Crippen LogP contribution in [0.3, 0.4) is 0 Å². The maximum atomic E-state index is 8.73. The molecule has 0 saturated heterocycles. The van der Waals surface area contributed by atoms with Crippen molar-refractivity contribution in [3.8, 4) is 0 Å². The normalized spacial score (nSPS) is 16.3. The van der Waals surface area contributed by atoms with Crippen LogP contribution in [-0.2, 0) is 4.52 Å². The predicted molar refractivity (Wildman–Crippen MR) is 40.4 cm³/mol. The van der Waals surface area contributed by atoms with Gasteiger partial charge in [-0.25, -0.2) is 0 Å². The van der Waals surface area contributed by atoms with Crippen LogP contribution < -0.4 is 0 Å². The molecule has 0 unspecified atom stereocenters. The van der Waals surface area contributed by atoms with Gasteiger partial charge in [-0.1, -0.05) is 0 Å². The van der Waals surface area contributed by atoms with Crippen LogP contribution in [0.4, 0.5) is 0 Å². The van der Waals surface area contributed by atoms with Gasteiger partial charge in [-0.3, -0.25) is 0 Å². The van der Waals surface area contributed by atoms with E-state index < -0.39 is 7.51 Å². The SMILES string of the molecule is CCCCOP(C)(O)(O)O. The summed E-state index contributed by atoms with van der Waals surface area (Å²) < 4.78 is 4.45. The Kier molecular flexibility index (Phi) is 3.20. The molecule has 10 heavy (non-hydrogen) atoms. The molecule has 0 aliphatic carbocycles. The van der Waals surface area contributed by atoms with Gasteiger partial charge in [0.2, 0.25) is 0 Å². The van der Waals surface area contributed by atoms with Crippen LogP contribution in [0.2, 0.25) is 0 Å². The summed E-state index contributed by atoms with van der Waals surface area (Å²) in [6.45, 7) is 3.04. The molecule has 0 radical (unpaired) electrons. The van der Waals surface area contributed by atoms with E-state index in [-0.39, 0.29) is 6.61 Å². The first-order valence-corrected chi connectivity index (χ1v) is 5.69. The molecule has 0 spiro atoms. The van der Waals surface area contributed by atoms with E-state index in [0.717, 1.165) is 13.1 Å². The van der Waals surface area contributed by atoms with Crippen LogP contribution in [0.1, 0.15) is 19.8 Å². The van der Waals surface area contributed by atoms with Crippen LogP contribution in [0.5, 0.6) is 0 Å². The third-order valence-corrected chi connectivity index (χ3v) is 1.68. The average molecular weight is 170 g/mol. The molecule has 4 nitrogen and oxygen atoms in total. The van der Waals surface area contributed by atoms with Crippen molar-refractivity contribution < 1.29 is 19.2 Å². The number of unbranched alkanes of at least 4 members (excludes halogenated alkanes) is 1. The molecule has 0 aromatic rings. The molecule has 0 rings (SSSR count). The topological polar surface area (TPSA) is 69.9 Å². The first-order chi connectivity index (χ1) is 4.31. The number of hydrogen-bond donors (Lipinski definition) is 3. The molecule has 0 aliphatic rings. The van der Waals surface area contributed by atoms with Crippen LogP contribution in [0, 0.1) is 0 Å². The van der Waals surface area contributed by atoms with Gasteiger partial charge in [0.25, 0.3) is 0 Å². The summed E-state index contributed by atoms with van der Waals surface area (Å²) in [5, 5.41) is 0. The van der Waals surface area contributed by atoms with E-state index in [2.05, 4.69) is 4.52 Å². The van der Waals surface area contributed by atoms with Gasteiger partial charge in [0.1, 0.15) is 0 Å². The molecule has 5 heteroatoms. The van der Waals surface area contributed by atoms with Gasteiger partial charge < -0.3 is 0 Å². The zero-order chi connectivity index (χ0) is 8.28. The maximum absolute atomic E-state index is 8.73. The zero-order valence-corrected chi connectivity index (χ0v) is 7.21. The van der Waals surface area contributed by atoms with Crippen molar-refractivity contribution in [3.05, 3.63) is 0 Å². The number of rotatable bonds is 4. The molecular formula is C5H15O4P. The van der Waals surface area contributed by atoms with Crippen molar-refractivity contribution in [2.45, 2.75) is 19.8 Å². The van der Waals surface area contributed by atoms with Crippen molar-refractivity contribution >= 4 is 7.51 Å². The second-order valence-electron chi connectivity index (χ2n) is 2.48. The van der Waals surface area contributed by atoms with Crippen LogP contribution >= 0.6 is 7.51 Å². The zero-order valence-electron chi connectivity index (χ0n) is 6.32. The Hall–Kier alpha value is 0.270. The van der Waals surface area contributed by atoms with Crippen LogP contribution in [-0.4, -0.2) is 28.0 Å². The summed E-state index contributed by atoms with van der Waals surface area (Å²) in [5.41, 5.74) is 0. The Balaban J connectivity index is 3.49. The van der Waals surface area contributed by atoms with E-state index in [0.29, 0.717) is 6.42 Å². The Bertz CT molecular complexity index is 96.7. The Labute approximate surface area is 60.7 Å². The van der Waals surface area contributed by atoms with E-state index in [4.69, 9.17) is 14.7 Å².